The van der Waals surface area contributed by atoms with Crippen LogP contribution in [0.4, 0.5) is 5.69 Å². The molecule has 0 aromatic heterocycles. The fraction of sp³-hybridized carbons (Fsp3) is 0.538. The number of benzene rings is 1. The molecular weight excluding hydrogens is 264 g/mol. The van der Waals surface area contributed by atoms with Crippen molar-refractivity contribution in [3.05, 3.63) is 28.2 Å². The van der Waals surface area contributed by atoms with Crippen molar-refractivity contribution in [1.29, 1.82) is 0 Å². The minimum Gasteiger partial charge on any atom is -0.370 e. The molecule has 0 amide bonds. The maximum atomic E-state index is 3.54. The summed E-state index contributed by atoms with van der Waals surface area (Å²) in [5, 5.41) is 3.52. The van der Waals surface area contributed by atoms with E-state index in [0.717, 1.165) is 13.1 Å². The Kier molecular flexibility index (Phi) is 3.87. The highest BCUT2D eigenvalue weighted by molar-refractivity contribution is 9.10. The second-order valence-electron chi connectivity index (χ2n) is 4.42. The van der Waals surface area contributed by atoms with Gasteiger partial charge in [0.25, 0.3) is 0 Å². The van der Waals surface area contributed by atoms with Crippen molar-refractivity contribution in [2.75, 3.05) is 24.5 Å². The minimum absolute atomic E-state index is 0.661. The first kappa shape index (κ1) is 11.9. The first-order chi connectivity index (χ1) is 7.70. The Labute approximate surface area is 106 Å². The fourth-order valence-corrected chi connectivity index (χ4v) is 2.52. The molecule has 1 aliphatic rings. The van der Waals surface area contributed by atoms with Gasteiger partial charge < -0.3 is 10.2 Å². The quantitative estimate of drug-likeness (QED) is 0.917. The number of likely N-dealkylation sites (N-methyl/N-ethyl adjacent to an activating group) is 1. The Balaban J connectivity index is 2.05. The van der Waals surface area contributed by atoms with Crippen molar-refractivity contribution >= 4 is 21.6 Å². The molecular formula is C13H19BrN2. The third kappa shape index (κ3) is 2.58. The van der Waals surface area contributed by atoms with Gasteiger partial charge in [0.2, 0.25) is 0 Å². The number of rotatable bonds is 3. The minimum atomic E-state index is 0.661. The third-order valence-electron chi connectivity index (χ3n) is 3.19. The smallest absolute Gasteiger partial charge is 0.0370 e. The van der Waals surface area contributed by atoms with Crippen LogP contribution in [0.1, 0.15) is 18.9 Å². The van der Waals surface area contributed by atoms with Crippen molar-refractivity contribution in [2.45, 2.75) is 26.3 Å². The van der Waals surface area contributed by atoms with Gasteiger partial charge in [-0.05, 0) is 43.7 Å². The van der Waals surface area contributed by atoms with Crippen LogP contribution in [0.25, 0.3) is 0 Å². The summed E-state index contributed by atoms with van der Waals surface area (Å²) >= 11 is 3.54. The summed E-state index contributed by atoms with van der Waals surface area (Å²) < 4.78 is 1.19. The van der Waals surface area contributed by atoms with Crippen molar-refractivity contribution in [2.24, 2.45) is 0 Å². The van der Waals surface area contributed by atoms with Gasteiger partial charge in [0.05, 0.1) is 0 Å². The molecule has 2 rings (SSSR count). The lowest BCUT2D eigenvalue weighted by Crippen LogP contribution is -2.32. The molecule has 1 fully saturated rings. The zero-order chi connectivity index (χ0) is 11.5. The molecule has 16 heavy (non-hydrogen) atoms. The van der Waals surface area contributed by atoms with Gasteiger partial charge in [-0.15, -0.1) is 0 Å². The Morgan fingerprint density at radius 1 is 1.50 bits per heavy atom. The number of hydrogen-bond acceptors (Lipinski definition) is 2. The number of nitrogens with zero attached hydrogens (tertiary/aromatic N) is 1. The number of aryl methyl sites for hydroxylation is 1. The molecule has 1 unspecified atom stereocenters. The van der Waals surface area contributed by atoms with Crippen LogP contribution >= 0.6 is 15.9 Å². The summed E-state index contributed by atoms with van der Waals surface area (Å²) in [6.07, 6.45) is 1.25. The predicted octanol–water partition coefficient (Wildman–Crippen LogP) is 2.95. The SMILES string of the molecule is CCNC1CCN(c2ccc(Br)c(C)c2)C1. The molecule has 0 aliphatic carbocycles. The van der Waals surface area contributed by atoms with E-state index in [0.29, 0.717) is 6.04 Å². The van der Waals surface area contributed by atoms with E-state index in [1.807, 2.05) is 0 Å². The molecule has 88 valence electrons. The molecule has 0 radical (unpaired) electrons. The number of halogens is 1. The zero-order valence-electron chi connectivity index (χ0n) is 9.96. The van der Waals surface area contributed by atoms with E-state index in [9.17, 15) is 0 Å². The Hall–Kier alpha value is -0.540. The summed E-state index contributed by atoms with van der Waals surface area (Å²) in [6, 6.07) is 7.27. The molecule has 0 spiro atoms. The predicted molar refractivity (Wildman–Crippen MR) is 73.2 cm³/mol. The van der Waals surface area contributed by atoms with E-state index < -0.39 is 0 Å². The molecule has 2 nitrogen and oxygen atoms in total. The molecule has 1 heterocycles. The number of anilines is 1. The van der Waals surface area contributed by atoms with E-state index >= 15 is 0 Å². The Bertz CT molecular complexity index is 365. The van der Waals surface area contributed by atoms with Crippen LogP contribution in [0.15, 0.2) is 22.7 Å². The van der Waals surface area contributed by atoms with Gasteiger partial charge in [-0.2, -0.15) is 0 Å². The number of hydrogen-bond donors (Lipinski definition) is 1. The molecule has 1 N–H and O–H groups in total. The average Bonchev–Trinajstić information content (AvgIpc) is 2.71. The maximum Gasteiger partial charge on any atom is 0.0370 e. The normalized spacial score (nSPS) is 20.4. The molecule has 1 atom stereocenters. The van der Waals surface area contributed by atoms with Crippen LogP contribution < -0.4 is 10.2 Å². The van der Waals surface area contributed by atoms with Gasteiger partial charge in [0, 0.05) is 29.3 Å². The first-order valence-electron chi connectivity index (χ1n) is 5.95. The zero-order valence-corrected chi connectivity index (χ0v) is 11.5. The van der Waals surface area contributed by atoms with E-state index in [2.05, 4.69) is 58.2 Å². The van der Waals surface area contributed by atoms with Crippen molar-refractivity contribution in [1.82, 2.24) is 5.32 Å². The standard InChI is InChI=1S/C13H19BrN2/c1-3-15-11-6-7-16(9-11)12-4-5-13(14)10(2)8-12/h4-5,8,11,15H,3,6-7,9H2,1-2H3. The maximum absolute atomic E-state index is 3.54. The lowest BCUT2D eigenvalue weighted by Gasteiger charge is -2.19. The third-order valence-corrected chi connectivity index (χ3v) is 4.08. The van der Waals surface area contributed by atoms with Crippen LogP contribution in [0.5, 0.6) is 0 Å². The second kappa shape index (κ2) is 5.19. The van der Waals surface area contributed by atoms with E-state index in [-0.39, 0.29) is 0 Å². The van der Waals surface area contributed by atoms with E-state index in [4.69, 9.17) is 0 Å². The second-order valence-corrected chi connectivity index (χ2v) is 5.28. The van der Waals surface area contributed by atoms with E-state index in [1.54, 1.807) is 0 Å². The Morgan fingerprint density at radius 3 is 3.00 bits per heavy atom. The molecule has 1 saturated heterocycles. The summed E-state index contributed by atoms with van der Waals surface area (Å²) in [5.41, 5.74) is 2.66. The monoisotopic (exact) mass is 282 g/mol. The van der Waals surface area contributed by atoms with Crippen LogP contribution in [0.3, 0.4) is 0 Å². The number of nitrogens with one attached hydrogen (secondary N) is 1. The summed E-state index contributed by atoms with van der Waals surface area (Å²) in [7, 11) is 0. The average molecular weight is 283 g/mol. The van der Waals surface area contributed by atoms with Crippen LogP contribution in [-0.4, -0.2) is 25.7 Å². The highest BCUT2D eigenvalue weighted by Gasteiger charge is 2.21. The lowest BCUT2D eigenvalue weighted by atomic mass is 10.2. The highest BCUT2D eigenvalue weighted by atomic mass is 79.9. The van der Waals surface area contributed by atoms with Crippen LogP contribution in [0.2, 0.25) is 0 Å². The van der Waals surface area contributed by atoms with Crippen molar-refractivity contribution in [3.63, 3.8) is 0 Å². The van der Waals surface area contributed by atoms with Gasteiger partial charge in [-0.1, -0.05) is 22.9 Å². The molecule has 1 aliphatic heterocycles. The molecule has 1 aromatic carbocycles. The van der Waals surface area contributed by atoms with Crippen molar-refractivity contribution in [3.8, 4) is 0 Å². The van der Waals surface area contributed by atoms with E-state index in [1.165, 1.54) is 28.7 Å². The molecule has 1 aromatic rings. The fourth-order valence-electron chi connectivity index (χ4n) is 2.28. The van der Waals surface area contributed by atoms with Crippen molar-refractivity contribution < 1.29 is 0 Å². The van der Waals surface area contributed by atoms with Gasteiger partial charge in [0.1, 0.15) is 0 Å². The first-order valence-corrected chi connectivity index (χ1v) is 6.74. The Morgan fingerprint density at radius 2 is 2.31 bits per heavy atom. The van der Waals surface area contributed by atoms with Crippen LogP contribution in [0, 0.1) is 6.92 Å². The topological polar surface area (TPSA) is 15.3 Å². The lowest BCUT2D eigenvalue weighted by molar-refractivity contribution is 0.572. The van der Waals surface area contributed by atoms with Gasteiger partial charge in [-0.3, -0.25) is 0 Å². The van der Waals surface area contributed by atoms with Gasteiger partial charge in [0.15, 0.2) is 0 Å². The van der Waals surface area contributed by atoms with Crippen LogP contribution in [-0.2, 0) is 0 Å². The molecule has 3 heteroatoms. The summed E-state index contributed by atoms with van der Waals surface area (Å²) in [6.45, 7) is 7.68. The van der Waals surface area contributed by atoms with Gasteiger partial charge >= 0.3 is 0 Å². The summed E-state index contributed by atoms with van der Waals surface area (Å²) in [4.78, 5) is 2.47. The summed E-state index contributed by atoms with van der Waals surface area (Å²) in [5.74, 6) is 0. The highest BCUT2D eigenvalue weighted by Crippen LogP contribution is 2.25. The molecule has 0 bridgehead atoms. The van der Waals surface area contributed by atoms with Gasteiger partial charge in [-0.25, -0.2) is 0 Å². The molecule has 0 saturated carbocycles. The largest absolute Gasteiger partial charge is 0.370 e.